The molecule has 0 aliphatic carbocycles. The van der Waals surface area contributed by atoms with E-state index in [1.807, 2.05) is 12.1 Å². The molecule has 4 heteroatoms. The first kappa shape index (κ1) is 17.5. The lowest BCUT2D eigenvalue weighted by molar-refractivity contribution is 0.187. The van der Waals surface area contributed by atoms with E-state index in [0.717, 1.165) is 32.5 Å². The summed E-state index contributed by atoms with van der Waals surface area (Å²) in [7, 11) is 0. The summed E-state index contributed by atoms with van der Waals surface area (Å²) in [6.45, 7) is 9.35. The zero-order valence-corrected chi connectivity index (χ0v) is 14.5. The summed E-state index contributed by atoms with van der Waals surface area (Å²) >= 11 is 0. The van der Waals surface area contributed by atoms with Crippen LogP contribution in [0, 0.1) is 5.41 Å². The number of nitrogens with zero attached hydrogens (tertiary/aromatic N) is 1. The number of urea groups is 1. The average molecular weight is 315 g/mol. The van der Waals surface area contributed by atoms with Crippen LogP contribution in [-0.4, -0.2) is 30.1 Å². The van der Waals surface area contributed by atoms with Crippen molar-refractivity contribution in [2.45, 2.75) is 46.2 Å². The summed E-state index contributed by atoms with van der Waals surface area (Å²) in [5.41, 5.74) is 1.43. The predicted octanol–water partition coefficient (Wildman–Crippen LogP) is 3.51. The quantitative estimate of drug-likeness (QED) is 0.893. The Kier molecular flexibility index (Phi) is 6.22. The summed E-state index contributed by atoms with van der Waals surface area (Å²) in [6.07, 6.45) is 5.74. The van der Waals surface area contributed by atoms with Gasteiger partial charge in [0.15, 0.2) is 0 Å². The Bertz CT molecular complexity index is 511. The average Bonchev–Trinajstić information content (AvgIpc) is 2.49. The van der Waals surface area contributed by atoms with Crippen molar-refractivity contribution >= 4 is 6.03 Å². The molecule has 23 heavy (non-hydrogen) atoms. The topological polar surface area (TPSA) is 44.4 Å². The van der Waals surface area contributed by atoms with Crippen LogP contribution in [0.2, 0.25) is 0 Å². The Morgan fingerprint density at radius 2 is 1.87 bits per heavy atom. The maximum Gasteiger partial charge on any atom is 0.318 e. The lowest BCUT2D eigenvalue weighted by atomic mass is 9.97. The maximum absolute atomic E-state index is 11.9. The molecule has 1 aromatic carbocycles. The van der Waals surface area contributed by atoms with Crippen LogP contribution in [-0.2, 0) is 6.54 Å². The second-order valence-corrected chi connectivity index (χ2v) is 7.35. The molecule has 1 aromatic rings. The number of benzene rings is 1. The number of carbonyl (C=O) groups is 1. The minimum Gasteiger partial charge on any atom is -0.335 e. The molecule has 1 aliphatic rings. The lowest BCUT2D eigenvalue weighted by Gasteiger charge is -2.32. The van der Waals surface area contributed by atoms with Gasteiger partial charge < -0.3 is 10.6 Å². The summed E-state index contributed by atoms with van der Waals surface area (Å²) in [5.74, 6) is 0. The first-order chi connectivity index (χ1) is 10.9. The molecule has 0 saturated carbocycles. The van der Waals surface area contributed by atoms with Crippen molar-refractivity contribution < 1.29 is 4.79 Å². The van der Waals surface area contributed by atoms with Gasteiger partial charge in [0.1, 0.15) is 0 Å². The van der Waals surface area contributed by atoms with Gasteiger partial charge in [-0.2, -0.15) is 0 Å². The van der Waals surface area contributed by atoms with Crippen LogP contribution in [0.3, 0.4) is 0 Å². The molecule has 0 spiro atoms. The van der Waals surface area contributed by atoms with Crippen molar-refractivity contribution in [1.82, 2.24) is 15.5 Å². The monoisotopic (exact) mass is 315 g/mol. The fourth-order valence-corrected chi connectivity index (χ4v) is 2.67. The highest BCUT2D eigenvalue weighted by atomic mass is 16.2. The van der Waals surface area contributed by atoms with Gasteiger partial charge in [0.2, 0.25) is 0 Å². The molecule has 2 N–H and O–H groups in total. The highest BCUT2D eigenvalue weighted by Gasteiger charge is 2.20. The van der Waals surface area contributed by atoms with Crippen molar-refractivity contribution in [2.24, 2.45) is 5.41 Å². The third-order valence-electron chi connectivity index (χ3n) is 3.97. The summed E-state index contributed by atoms with van der Waals surface area (Å²) in [4.78, 5) is 14.3. The molecule has 0 unspecified atom stereocenters. The molecule has 1 fully saturated rings. The summed E-state index contributed by atoms with van der Waals surface area (Å²) in [6, 6.07) is 10.7. The smallest absolute Gasteiger partial charge is 0.318 e. The van der Waals surface area contributed by atoms with E-state index in [0.29, 0.717) is 0 Å². The molecule has 126 valence electrons. The van der Waals surface area contributed by atoms with Gasteiger partial charge in [-0.1, -0.05) is 57.2 Å². The van der Waals surface area contributed by atoms with Gasteiger partial charge >= 0.3 is 6.03 Å². The maximum atomic E-state index is 11.9. The van der Waals surface area contributed by atoms with Crippen molar-refractivity contribution in [3.05, 3.63) is 48.2 Å². The Hall–Kier alpha value is -1.81. The second kappa shape index (κ2) is 8.16. The van der Waals surface area contributed by atoms with Gasteiger partial charge in [-0.25, -0.2) is 4.79 Å². The van der Waals surface area contributed by atoms with Crippen LogP contribution in [0.4, 0.5) is 4.79 Å². The molecule has 1 heterocycles. The van der Waals surface area contributed by atoms with E-state index in [2.05, 4.69) is 60.6 Å². The van der Waals surface area contributed by atoms with Crippen LogP contribution >= 0.6 is 0 Å². The van der Waals surface area contributed by atoms with Crippen LogP contribution in [0.1, 0.15) is 39.2 Å². The van der Waals surface area contributed by atoms with E-state index in [9.17, 15) is 4.79 Å². The zero-order chi connectivity index (χ0) is 16.7. The van der Waals surface area contributed by atoms with E-state index >= 15 is 0 Å². The Morgan fingerprint density at radius 3 is 2.48 bits per heavy atom. The third kappa shape index (κ3) is 6.87. The van der Waals surface area contributed by atoms with Gasteiger partial charge in [0.05, 0.1) is 0 Å². The van der Waals surface area contributed by atoms with Crippen molar-refractivity contribution in [1.29, 1.82) is 0 Å². The third-order valence-corrected chi connectivity index (χ3v) is 3.97. The Morgan fingerprint density at radius 1 is 1.22 bits per heavy atom. The molecular weight excluding hydrogens is 286 g/mol. The fourth-order valence-electron chi connectivity index (χ4n) is 2.67. The summed E-state index contributed by atoms with van der Waals surface area (Å²) in [5, 5.41) is 5.85. The van der Waals surface area contributed by atoms with Gasteiger partial charge in [-0.3, -0.25) is 4.90 Å². The highest BCUT2D eigenvalue weighted by molar-refractivity contribution is 5.75. The normalized spacial score (nSPS) is 17.3. The van der Waals surface area contributed by atoms with Crippen molar-refractivity contribution in [3.63, 3.8) is 0 Å². The molecule has 0 aromatic heterocycles. The number of hydrogen-bond donors (Lipinski definition) is 2. The molecule has 2 amide bonds. The molecule has 1 aliphatic heterocycles. The first-order valence-corrected chi connectivity index (χ1v) is 8.43. The molecule has 0 atom stereocenters. The molecule has 2 rings (SSSR count). The standard InChI is InChI=1S/C19H29N3O/c1-19(2,3)11-12-20-18(23)21-17-9-13-22(14-10-17)15-16-7-5-4-6-8-16/h4-8,11-12,17H,9-10,13-15H2,1-3H3,(H2,20,21,23)/b12-11+. The van der Waals surface area contributed by atoms with Crippen LogP contribution in [0.15, 0.2) is 42.6 Å². The van der Waals surface area contributed by atoms with Gasteiger partial charge in [0, 0.05) is 31.9 Å². The Balaban J connectivity index is 1.68. The van der Waals surface area contributed by atoms with Gasteiger partial charge in [0.25, 0.3) is 0 Å². The minimum atomic E-state index is -0.105. The number of nitrogens with one attached hydrogen (secondary N) is 2. The van der Waals surface area contributed by atoms with Crippen LogP contribution in [0.25, 0.3) is 0 Å². The number of allylic oxidation sites excluding steroid dienone is 1. The SMILES string of the molecule is CC(C)(C)/C=C/NC(=O)NC1CCN(Cc2ccccc2)CC1. The number of carbonyl (C=O) groups excluding carboxylic acids is 1. The highest BCUT2D eigenvalue weighted by Crippen LogP contribution is 2.14. The van der Waals surface area contributed by atoms with E-state index < -0.39 is 0 Å². The Labute approximate surface area is 140 Å². The van der Waals surface area contributed by atoms with Crippen LogP contribution in [0.5, 0.6) is 0 Å². The largest absolute Gasteiger partial charge is 0.335 e. The fraction of sp³-hybridized carbons (Fsp3) is 0.526. The number of amides is 2. The minimum absolute atomic E-state index is 0.0794. The lowest BCUT2D eigenvalue weighted by Crippen LogP contribution is -2.46. The molecular formula is C19H29N3O. The molecule has 0 radical (unpaired) electrons. The van der Waals surface area contributed by atoms with Crippen molar-refractivity contribution in [3.8, 4) is 0 Å². The predicted molar refractivity (Wildman–Crippen MR) is 95.0 cm³/mol. The van der Waals surface area contributed by atoms with E-state index in [1.165, 1.54) is 5.56 Å². The molecule has 4 nitrogen and oxygen atoms in total. The molecule has 1 saturated heterocycles. The summed E-state index contributed by atoms with van der Waals surface area (Å²) < 4.78 is 0. The number of likely N-dealkylation sites (tertiary alicyclic amines) is 1. The van der Waals surface area contributed by atoms with Crippen molar-refractivity contribution in [2.75, 3.05) is 13.1 Å². The number of rotatable bonds is 4. The molecule has 0 bridgehead atoms. The first-order valence-electron chi connectivity index (χ1n) is 8.43. The van der Waals surface area contributed by atoms with Crippen LogP contribution < -0.4 is 10.6 Å². The second-order valence-electron chi connectivity index (χ2n) is 7.35. The van der Waals surface area contributed by atoms with Gasteiger partial charge in [-0.05, 0) is 23.8 Å². The van der Waals surface area contributed by atoms with E-state index in [1.54, 1.807) is 6.20 Å². The zero-order valence-electron chi connectivity index (χ0n) is 14.5. The van der Waals surface area contributed by atoms with E-state index in [4.69, 9.17) is 0 Å². The number of hydrogen-bond acceptors (Lipinski definition) is 2. The van der Waals surface area contributed by atoms with E-state index in [-0.39, 0.29) is 17.5 Å². The number of piperidine rings is 1. The van der Waals surface area contributed by atoms with Gasteiger partial charge in [-0.15, -0.1) is 0 Å².